The Balaban J connectivity index is 0.00000208. The molecule has 0 radical (unpaired) electrons. The maximum Gasteiger partial charge on any atom is 0.220 e. The van der Waals surface area contributed by atoms with E-state index in [1.165, 1.54) is 18.9 Å². The first kappa shape index (κ1) is 19.2. The quantitative estimate of drug-likeness (QED) is 0.821. The molecule has 2 unspecified atom stereocenters. The Morgan fingerprint density at radius 3 is 2.88 bits per heavy atom. The van der Waals surface area contributed by atoms with Crippen LogP contribution in [0.25, 0.3) is 0 Å². The lowest BCUT2D eigenvalue weighted by Crippen LogP contribution is -2.37. The van der Waals surface area contributed by atoms with E-state index in [0.717, 1.165) is 31.5 Å². The van der Waals surface area contributed by atoms with E-state index in [1.54, 1.807) is 12.1 Å². The van der Waals surface area contributed by atoms with Gasteiger partial charge >= 0.3 is 0 Å². The van der Waals surface area contributed by atoms with Crippen LogP contribution in [0.5, 0.6) is 0 Å². The molecule has 2 N–H and O–H groups in total. The van der Waals surface area contributed by atoms with Crippen molar-refractivity contribution in [2.24, 2.45) is 11.8 Å². The van der Waals surface area contributed by atoms with Crippen LogP contribution < -0.4 is 10.6 Å². The van der Waals surface area contributed by atoms with Crippen molar-refractivity contribution < 1.29 is 9.18 Å². The number of carbonyl (C=O) groups excluding carboxylic acids is 1. The van der Waals surface area contributed by atoms with Gasteiger partial charge in [0.1, 0.15) is 5.82 Å². The Bertz CT molecular complexity index is 556. The van der Waals surface area contributed by atoms with Crippen molar-refractivity contribution in [2.75, 3.05) is 19.6 Å². The fourth-order valence-corrected chi connectivity index (χ4v) is 3.70. The molecule has 2 atom stereocenters. The molecule has 2 aliphatic rings. The van der Waals surface area contributed by atoms with Gasteiger partial charge in [-0.2, -0.15) is 0 Å². The molecule has 1 saturated carbocycles. The van der Waals surface area contributed by atoms with E-state index in [4.69, 9.17) is 0 Å². The van der Waals surface area contributed by atoms with Gasteiger partial charge in [0.05, 0.1) is 0 Å². The summed E-state index contributed by atoms with van der Waals surface area (Å²) in [6.45, 7) is 4.94. The highest BCUT2D eigenvalue weighted by Crippen LogP contribution is 2.47. The summed E-state index contributed by atoms with van der Waals surface area (Å²) < 4.78 is 13.4. The fourth-order valence-electron chi connectivity index (χ4n) is 3.70. The van der Waals surface area contributed by atoms with Crippen molar-refractivity contribution in [3.63, 3.8) is 0 Å². The highest BCUT2D eigenvalue weighted by atomic mass is 35.5. The Morgan fingerprint density at radius 1 is 1.46 bits per heavy atom. The normalized spacial score (nSPS) is 23.0. The zero-order valence-electron chi connectivity index (χ0n) is 14.3. The zero-order valence-corrected chi connectivity index (χ0v) is 15.1. The molecule has 3 rings (SSSR count). The number of piperidine rings is 1. The molecule has 1 aromatic rings. The number of hydrogen-bond donors (Lipinski definition) is 2. The van der Waals surface area contributed by atoms with Crippen LogP contribution in [0.1, 0.15) is 44.6 Å². The van der Waals surface area contributed by atoms with Crippen LogP contribution in [-0.2, 0) is 10.2 Å². The van der Waals surface area contributed by atoms with E-state index in [9.17, 15) is 9.18 Å². The first-order valence-electron chi connectivity index (χ1n) is 8.82. The summed E-state index contributed by atoms with van der Waals surface area (Å²) in [6.07, 6.45) is 5.07. The van der Waals surface area contributed by atoms with Crippen LogP contribution in [0.2, 0.25) is 0 Å². The van der Waals surface area contributed by atoms with Crippen molar-refractivity contribution in [2.45, 2.75) is 44.4 Å². The maximum atomic E-state index is 13.4. The van der Waals surface area contributed by atoms with E-state index < -0.39 is 0 Å². The van der Waals surface area contributed by atoms with Gasteiger partial charge in [0, 0.05) is 18.4 Å². The number of benzene rings is 1. The molecule has 2 fully saturated rings. The fraction of sp³-hybridized carbons (Fsp3) is 0.632. The van der Waals surface area contributed by atoms with E-state index >= 15 is 0 Å². The minimum absolute atomic E-state index is 0. The molecule has 0 bridgehead atoms. The average molecular weight is 355 g/mol. The van der Waals surface area contributed by atoms with Gasteiger partial charge in [0.15, 0.2) is 0 Å². The Labute approximate surface area is 150 Å². The highest BCUT2D eigenvalue weighted by Gasteiger charge is 2.44. The monoisotopic (exact) mass is 354 g/mol. The standard InChI is InChI=1S/C19H27FN2O.ClH/c1-14(15-4-3-9-21-12-15)10-18(23)22-13-19(7-8-19)16-5-2-6-17(20)11-16;/h2,5-6,11,14-15,21H,3-4,7-10,12-13H2,1H3,(H,22,23);1H. The Kier molecular flexibility index (Phi) is 6.64. The first-order chi connectivity index (χ1) is 11.1. The van der Waals surface area contributed by atoms with Crippen molar-refractivity contribution >= 4 is 18.3 Å². The summed E-state index contributed by atoms with van der Waals surface area (Å²) in [5, 5.41) is 6.51. The van der Waals surface area contributed by atoms with Gasteiger partial charge < -0.3 is 10.6 Å². The van der Waals surface area contributed by atoms with Crippen molar-refractivity contribution in [1.82, 2.24) is 10.6 Å². The molecule has 1 heterocycles. The van der Waals surface area contributed by atoms with E-state index in [0.29, 0.717) is 24.8 Å². The van der Waals surface area contributed by atoms with Crippen LogP contribution in [-0.4, -0.2) is 25.5 Å². The number of carbonyl (C=O) groups is 1. The van der Waals surface area contributed by atoms with Crippen LogP contribution in [0.15, 0.2) is 24.3 Å². The molecule has 3 nitrogen and oxygen atoms in total. The summed E-state index contributed by atoms with van der Waals surface area (Å²) in [5.41, 5.74) is 0.982. The SMILES string of the molecule is CC(CC(=O)NCC1(c2cccc(F)c2)CC1)C1CCCNC1.Cl. The summed E-state index contributed by atoms with van der Waals surface area (Å²) in [5.74, 6) is 0.948. The third-order valence-corrected chi connectivity index (χ3v) is 5.56. The molecule has 1 aliphatic heterocycles. The van der Waals surface area contributed by atoms with Crippen LogP contribution in [0, 0.1) is 17.7 Å². The zero-order chi connectivity index (χ0) is 16.3. The lowest BCUT2D eigenvalue weighted by molar-refractivity contribution is -0.122. The second kappa shape index (κ2) is 8.30. The molecular formula is C19H28ClFN2O. The number of nitrogens with one attached hydrogen (secondary N) is 2. The summed E-state index contributed by atoms with van der Waals surface area (Å²) in [4.78, 5) is 12.3. The van der Waals surface area contributed by atoms with Gasteiger partial charge in [0.25, 0.3) is 0 Å². The summed E-state index contributed by atoms with van der Waals surface area (Å²) in [6, 6.07) is 6.80. The summed E-state index contributed by atoms with van der Waals surface area (Å²) in [7, 11) is 0. The minimum Gasteiger partial charge on any atom is -0.355 e. The number of halogens is 2. The van der Waals surface area contributed by atoms with Gasteiger partial charge in [-0.3, -0.25) is 4.79 Å². The third-order valence-electron chi connectivity index (χ3n) is 5.56. The van der Waals surface area contributed by atoms with Crippen LogP contribution in [0.4, 0.5) is 4.39 Å². The van der Waals surface area contributed by atoms with E-state index in [1.807, 2.05) is 6.07 Å². The molecule has 134 valence electrons. The van der Waals surface area contributed by atoms with Gasteiger partial charge in [-0.15, -0.1) is 12.4 Å². The predicted molar refractivity (Wildman–Crippen MR) is 96.9 cm³/mol. The van der Waals surface area contributed by atoms with Crippen LogP contribution >= 0.6 is 12.4 Å². The lowest BCUT2D eigenvalue weighted by Gasteiger charge is -2.28. The molecule has 5 heteroatoms. The number of amides is 1. The number of hydrogen-bond acceptors (Lipinski definition) is 2. The molecule has 1 aromatic carbocycles. The molecule has 1 saturated heterocycles. The molecule has 0 spiro atoms. The second-order valence-corrected chi connectivity index (χ2v) is 7.36. The topological polar surface area (TPSA) is 41.1 Å². The lowest BCUT2D eigenvalue weighted by atomic mass is 9.85. The van der Waals surface area contributed by atoms with Crippen LogP contribution in [0.3, 0.4) is 0 Å². The van der Waals surface area contributed by atoms with Crippen molar-refractivity contribution in [3.05, 3.63) is 35.6 Å². The summed E-state index contributed by atoms with van der Waals surface area (Å²) >= 11 is 0. The number of rotatable bonds is 6. The van der Waals surface area contributed by atoms with Gasteiger partial charge in [-0.1, -0.05) is 19.1 Å². The molecule has 0 aromatic heterocycles. The maximum absolute atomic E-state index is 13.4. The molecule has 1 amide bonds. The Morgan fingerprint density at radius 2 is 2.25 bits per heavy atom. The molecular weight excluding hydrogens is 327 g/mol. The smallest absolute Gasteiger partial charge is 0.220 e. The molecule has 24 heavy (non-hydrogen) atoms. The van der Waals surface area contributed by atoms with Gasteiger partial charge in [-0.25, -0.2) is 4.39 Å². The average Bonchev–Trinajstić information content (AvgIpc) is 3.35. The predicted octanol–water partition coefficient (Wildman–Crippen LogP) is 3.42. The highest BCUT2D eigenvalue weighted by molar-refractivity contribution is 5.85. The van der Waals surface area contributed by atoms with E-state index in [-0.39, 0.29) is 29.5 Å². The Hall–Kier alpha value is -1.13. The second-order valence-electron chi connectivity index (χ2n) is 7.36. The third kappa shape index (κ3) is 4.70. The molecule has 1 aliphatic carbocycles. The van der Waals surface area contributed by atoms with Crippen molar-refractivity contribution in [3.8, 4) is 0 Å². The minimum atomic E-state index is -0.196. The van der Waals surface area contributed by atoms with E-state index in [2.05, 4.69) is 17.6 Å². The van der Waals surface area contributed by atoms with Gasteiger partial charge in [0.2, 0.25) is 5.91 Å². The van der Waals surface area contributed by atoms with Gasteiger partial charge in [-0.05, 0) is 68.3 Å². The van der Waals surface area contributed by atoms with Crippen molar-refractivity contribution in [1.29, 1.82) is 0 Å². The largest absolute Gasteiger partial charge is 0.355 e. The first-order valence-corrected chi connectivity index (χ1v) is 8.82.